The van der Waals surface area contributed by atoms with E-state index in [1.807, 2.05) is 0 Å². The van der Waals surface area contributed by atoms with Crippen molar-refractivity contribution in [3.8, 4) is 0 Å². The van der Waals surface area contributed by atoms with Crippen molar-refractivity contribution in [2.75, 3.05) is 13.1 Å². The fraction of sp³-hybridized carbons (Fsp3) is 1.00. The predicted octanol–water partition coefficient (Wildman–Crippen LogP) is 3.95. The highest BCUT2D eigenvalue weighted by Crippen LogP contribution is 2.29. The topological polar surface area (TPSA) is 12.0 Å². The average Bonchev–Trinajstić information content (AvgIpc) is 2.63. The van der Waals surface area contributed by atoms with E-state index in [9.17, 15) is 0 Å². The maximum Gasteiger partial charge on any atom is 0.0376 e. The first kappa shape index (κ1) is 13.3. The summed E-state index contributed by atoms with van der Waals surface area (Å²) in [6.07, 6.45) is 10.7. The number of unbranched alkanes of at least 4 members (excludes halogenated alkanes) is 4. The maximum absolute atomic E-state index is 6.22. The van der Waals surface area contributed by atoms with Crippen molar-refractivity contribution in [2.45, 2.75) is 63.7 Å². The Morgan fingerprint density at radius 3 is 2.60 bits per heavy atom. The van der Waals surface area contributed by atoms with E-state index >= 15 is 0 Å². The summed E-state index contributed by atoms with van der Waals surface area (Å²) in [5.74, 6) is 0.738. The molecular weight excluding hydrogens is 206 g/mol. The molecule has 15 heavy (non-hydrogen) atoms. The molecular formula is C13H26ClN. The molecule has 0 aliphatic heterocycles. The lowest BCUT2D eigenvalue weighted by Crippen LogP contribution is -2.26. The van der Waals surface area contributed by atoms with Crippen LogP contribution in [-0.4, -0.2) is 18.5 Å². The molecule has 90 valence electrons. The van der Waals surface area contributed by atoms with E-state index in [2.05, 4.69) is 12.2 Å². The van der Waals surface area contributed by atoms with E-state index in [-0.39, 0.29) is 0 Å². The first-order valence-corrected chi connectivity index (χ1v) is 7.13. The molecule has 1 saturated carbocycles. The van der Waals surface area contributed by atoms with E-state index in [1.165, 1.54) is 57.9 Å². The molecule has 0 aromatic carbocycles. The Hall–Kier alpha value is 0.250. The third-order valence-corrected chi connectivity index (χ3v) is 4.00. The van der Waals surface area contributed by atoms with Crippen molar-refractivity contribution in [3.05, 3.63) is 0 Å². The highest BCUT2D eigenvalue weighted by atomic mass is 35.5. The Balaban J connectivity index is 1.84. The van der Waals surface area contributed by atoms with Gasteiger partial charge in [0.15, 0.2) is 0 Å². The molecule has 2 unspecified atom stereocenters. The van der Waals surface area contributed by atoms with Crippen molar-refractivity contribution >= 4 is 11.6 Å². The van der Waals surface area contributed by atoms with Crippen LogP contribution in [0, 0.1) is 5.92 Å². The standard InChI is InChI=1S/C13H26ClN/c1-2-3-4-5-6-10-15-11-12-8-7-9-13(12)14/h12-13,15H,2-11H2,1H3. The summed E-state index contributed by atoms with van der Waals surface area (Å²) in [6.45, 7) is 4.59. The van der Waals surface area contributed by atoms with E-state index in [1.54, 1.807) is 0 Å². The fourth-order valence-electron chi connectivity index (χ4n) is 2.36. The number of hydrogen-bond donors (Lipinski definition) is 1. The summed E-state index contributed by atoms with van der Waals surface area (Å²) in [6, 6.07) is 0. The van der Waals surface area contributed by atoms with Gasteiger partial charge in [-0.05, 0) is 38.3 Å². The van der Waals surface area contributed by atoms with Crippen LogP contribution in [0.2, 0.25) is 0 Å². The quantitative estimate of drug-likeness (QED) is 0.493. The van der Waals surface area contributed by atoms with Crippen molar-refractivity contribution in [1.82, 2.24) is 5.32 Å². The van der Waals surface area contributed by atoms with E-state index < -0.39 is 0 Å². The summed E-state index contributed by atoms with van der Waals surface area (Å²) in [7, 11) is 0. The lowest BCUT2D eigenvalue weighted by Gasteiger charge is -2.14. The van der Waals surface area contributed by atoms with Crippen molar-refractivity contribution in [2.24, 2.45) is 5.92 Å². The van der Waals surface area contributed by atoms with Crippen LogP contribution in [-0.2, 0) is 0 Å². The summed E-state index contributed by atoms with van der Waals surface area (Å²) >= 11 is 6.22. The van der Waals surface area contributed by atoms with Crippen molar-refractivity contribution < 1.29 is 0 Å². The van der Waals surface area contributed by atoms with Gasteiger partial charge >= 0.3 is 0 Å². The van der Waals surface area contributed by atoms with Gasteiger partial charge < -0.3 is 5.32 Å². The molecule has 1 fully saturated rings. The summed E-state index contributed by atoms with van der Waals surface area (Å²) in [4.78, 5) is 0. The lowest BCUT2D eigenvalue weighted by atomic mass is 10.1. The molecule has 0 heterocycles. The smallest absolute Gasteiger partial charge is 0.0376 e. The minimum absolute atomic E-state index is 0.442. The fourth-order valence-corrected chi connectivity index (χ4v) is 2.73. The normalized spacial score (nSPS) is 26.0. The molecule has 0 saturated heterocycles. The summed E-state index contributed by atoms with van der Waals surface area (Å²) in [5, 5.41) is 3.99. The summed E-state index contributed by atoms with van der Waals surface area (Å²) in [5.41, 5.74) is 0. The largest absolute Gasteiger partial charge is 0.316 e. The van der Waals surface area contributed by atoms with Crippen molar-refractivity contribution in [1.29, 1.82) is 0 Å². The second-order valence-corrected chi connectivity index (χ2v) is 5.39. The monoisotopic (exact) mass is 231 g/mol. The molecule has 0 radical (unpaired) electrons. The average molecular weight is 232 g/mol. The first-order valence-electron chi connectivity index (χ1n) is 6.69. The zero-order chi connectivity index (χ0) is 10.9. The Morgan fingerprint density at radius 1 is 1.13 bits per heavy atom. The second kappa shape index (κ2) is 8.41. The molecule has 0 aromatic rings. The Kier molecular flexibility index (Phi) is 7.46. The molecule has 0 bridgehead atoms. The van der Waals surface area contributed by atoms with E-state index in [4.69, 9.17) is 11.6 Å². The highest BCUT2D eigenvalue weighted by Gasteiger charge is 2.24. The minimum atomic E-state index is 0.442. The molecule has 1 rings (SSSR count). The minimum Gasteiger partial charge on any atom is -0.316 e. The molecule has 2 atom stereocenters. The van der Waals surface area contributed by atoms with Gasteiger partial charge in [0.25, 0.3) is 0 Å². The molecule has 1 aliphatic rings. The molecule has 2 heteroatoms. The number of alkyl halides is 1. The van der Waals surface area contributed by atoms with Crippen LogP contribution >= 0.6 is 11.6 Å². The summed E-state index contributed by atoms with van der Waals surface area (Å²) < 4.78 is 0. The first-order chi connectivity index (χ1) is 7.34. The molecule has 0 aromatic heterocycles. The van der Waals surface area contributed by atoms with Gasteiger partial charge in [-0.15, -0.1) is 11.6 Å². The van der Waals surface area contributed by atoms with Gasteiger partial charge in [0, 0.05) is 5.38 Å². The Morgan fingerprint density at radius 2 is 1.93 bits per heavy atom. The van der Waals surface area contributed by atoms with Crippen LogP contribution in [0.1, 0.15) is 58.3 Å². The van der Waals surface area contributed by atoms with Crippen LogP contribution in [0.4, 0.5) is 0 Å². The zero-order valence-corrected chi connectivity index (χ0v) is 10.9. The second-order valence-electron chi connectivity index (χ2n) is 4.83. The van der Waals surface area contributed by atoms with Gasteiger partial charge in [-0.3, -0.25) is 0 Å². The zero-order valence-electron chi connectivity index (χ0n) is 10.1. The van der Waals surface area contributed by atoms with Gasteiger partial charge in [0.2, 0.25) is 0 Å². The lowest BCUT2D eigenvalue weighted by molar-refractivity contribution is 0.482. The van der Waals surface area contributed by atoms with Crippen LogP contribution < -0.4 is 5.32 Å². The Bertz CT molecular complexity index is 149. The van der Waals surface area contributed by atoms with Gasteiger partial charge in [0.05, 0.1) is 0 Å². The van der Waals surface area contributed by atoms with Crippen LogP contribution in [0.3, 0.4) is 0 Å². The highest BCUT2D eigenvalue weighted by molar-refractivity contribution is 6.20. The number of halogens is 1. The van der Waals surface area contributed by atoms with Crippen LogP contribution in [0.5, 0.6) is 0 Å². The van der Waals surface area contributed by atoms with Crippen LogP contribution in [0.15, 0.2) is 0 Å². The number of nitrogens with one attached hydrogen (secondary N) is 1. The predicted molar refractivity (Wildman–Crippen MR) is 68.6 cm³/mol. The van der Waals surface area contributed by atoms with Crippen LogP contribution in [0.25, 0.3) is 0 Å². The Labute approximate surface area is 100.0 Å². The van der Waals surface area contributed by atoms with Gasteiger partial charge in [0.1, 0.15) is 0 Å². The van der Waals surface area contributed by atoms with Gasteiger partial charge in [-0.2, -0.15) is 0 Å². The maximum atomic E-state index is 6.22. The molecule has 1 aliphatic carbocycles. The van der Waals surface area contributed by atoms with Gasteiger partial charge in [-0.1, -0.05) is 39.0 Å². The third-order valence-electron chi connectivity index (χ3n) is 3.43. The number of hydrogen-bond acceptors (Lipinski definition) is 1. The van der Waals surface area contributed by atoms with E-state index in [0.717, 1.165) is 12.5 Å². The third kappa shape index (κ3) is 5.77. The van der Waals surface area contributed by atoms with Crippen molar-refractivity contribution in [3.63, 3.8) is 0 Å². The molecule has 0 amide bonds. The number of rotatable bonds is 8. The molecule has 0 spiro atoms. The molecule has 1 nitrogen and oxygen atoms in total. The molecule has 1 N–H and O–H groups in total. The SMILES string of the molecule is CCCCCCCNCC1CCCC1Cl. The van der Waals surface area contributed by atoms with Gasteiger partial charge in [-0.25, -0.2) is 0 Å². The van der Waals surface area contributed by atoms with E-state index in [0.29, 0.717) is 5.38 Å².